The molecule has 1 heteroatoms. The van der Waals surface area contributed by atoms with Crippen LogP contribution in [0.1, 0.15) is 120 Å². The molecule has 1 aromatic rings. The number of hydrogen-bond donors (Lipinski definition) is 0. The van der Waals surface area contributed by atoms with Gasteiger partial charge in [-0.1, -0.05) is 87.9 Å². The van der Waals surface area contributed by atoms with Gasteiger partial charge in [0.25, 0.3) is 0 Å². The van der Waals surface area contributed by atoms with Crippen molar-refractivity contribution in [2.45, 2.75) is 116 Å². The highest BCUT2D eigenvalue weighted by molar-refractivity contribution is 5.26. The average Bonchev–Trinajstić information content (AvgIpc) is 2.87. The van der Waals surface area contributed by atoms with Crippen molar-refractivity contribution in [3.8, 4) is 6.07 Å². The number of allylic oxidation sites excluding steroid dienone is 4. The molecular formula is C32H47N. The minimum absolute atomic E-state index is 0.804. The standard InChI is InChI=1S/C32H47N/c1-2-3-4-6-9-12-27-14-18-29(19-15-27)31-22-24-32(25-23-31)30-20-16-28(17-21-30)13-10-7-5-8-11-26-33/h5,7-8,11,14-15,18-19,28,30-32H,2-4,6,9-10,12-13,16-17,20-25H2,1H3/b7-5+,11-8+. The third-order valence-electron chi connectivity index (χ3n) is 8.51. The first-order valence-corrected chi connectivity index (χ1v) is 14.1. The summed E-state index contributed by atoms with van der Waals surface area (Å²) in [5.41, 5.74) is 3.14. The number of hydrogen-bond acceptors (Lipinski definition) is 1. The fourth-order valence-corrected chi connectivity index (χ4v) is 6.37. The zero-order chi connectivity index (χ0) is 23.1. The third kappa shape index (κ3) is 9.16. The van der Waals surface area contributed by atoms with Crippen LogP contribution in [0.25, 0.3) is 0 Å². The van der Waals surface area contributed by atoms with Gasteiger partial charge in [-0.2, -0.15) is 5.26 Å². The second kappa shape index (κ2) is 15.2. The van der Waals surface area contributed by atoms with Gasteiger partial charge in [-0.15, -0.1) is 0 Å². The van der Waals surface area contributed by atoms with Gasteiger partial charge in [-0.3, -0.25) is 0 Å². The molecule has 2 aliphatic carbocycles. The summed E-state index contributed by atoms with van der Waals surface area (Å²) in [6.45, 7) is 2.29. The SMILES string of the molecule is CCCCCCCc1ccc(C2CCC(C3CCC(CC/C=C/C=C/C#N)CC3)CC2)cc1. The third-order valence-corrected chi connectivity index (χ3v) is 8.51. The smallest absolute Gasteiger partial charge is 0.0912 e. The fraction of sp³-hybridized carbons (Fsp3) is 0.656. The molecule has 1 nitrogen and oxygen atoms in total. The molecule has 0 heterocycles. The number of aryl methyl sites for hydroxylation is 1. The number of benzene rings is 1. The molecule has 0 N–H and O–H groups in total. The van der Waals surface area contributed by atoms with E-state index in [1.54, 1.807) is 11.6 Å². The van der Waals surface area contributed by atoms with E-state index in [1.807, 2.05) is 18.2 Å². The molecular weight excluding hydrogens is 398 g/mol. The zero-order valence-electron chi connectivity index (χ0n) is 21.2. The average molecular weight is 446 g/mol. The van der Waals surface area contributed by atoms with Crippen LogP contribution in [0, 0.1) is 29.1 Å². The maximum absolute atomic E-state index is 8.52. The monoisotopic (exact) mass is 445 g/mol. The number of unbranched alkanes of at least 4 members (excludes halogenated alkanes) is 4. The van der Waals surface area contributed by atoms with E-state index in [-0.39, 0.29) is 0 Å². The summed E-state index contributed by atoms with van der Waals surface area (Å²) in [7, 11) is 0. The van der Waals surface area contributed by atoms with Crippen LogP contribution < -0.4 is 0 Å². The molecule has 0 radical (unpaired) electrons. The maximum Gasteiger partial charge on any atom is 0.0912 e. The van der Waals surface area contributed by atoms with E-state index in [9.17, 15) is 0 Å². The number of rotatable bonds is 12. The van der Waals surface area contributed by atoms with Crippen LogP contribution in [0.2, 0.25) is 0 Å². The Morgan fingerprint density at radius 3 is 2.15 bits per heavy atom. The summed E-state index contributed by atoms with van der Waals surface area (Å²) in [5, 5.41) is 8.52. The van der Waals surface area contributed by atoms with Gasteiger partial charge in [0, 0.05) is 6.08 Å². The molecule has 180 valence electrons. The predicted octanol–water partition coefficient (Wildman–Crippen LogP) is 9.70. The van der Waals surface area contributed by atoms with Gasteiger partial charge >= 0.3 is 0 Å². The molecule has 0 amide bonds. The summed E-state index contributed by atoms with van der Waals surface area (Å²) in [6.07, 6.45) is 29.8. The quantitative estimate of drug-likeness (QED) is 0.178. The van der Waals surface area contributed by atoms with E-state index in [1.165, 1.54) is 102 Å². The molecule has 33 heavy (non-hydrogen) atoms. The molecule has 2 saturated carbocycles. The van der Waals surface area contributed by atoms with E-state index < -0.39 is 0 Å². The topological polar surface area (TPSA) is 23.8 Å². The van der Waals surface area contributed by atoms with E-state index in [0.29, 0.717) is 0 Å². The highest BCUT2D eigenvalue weighted by Gasteiger charge is 2.31. The molecule has 2 fully saturated rings. The van der Waals surface area contributed by atoms with Crippen LogP contribution in [0.3, 0.4) is 0 Å². The normalized spacial score (nSPS) is 26.1. The van der Waals surface area contributed by atoms with Crippen molar-refractivity contribution < 1.29 is 0 Å². The van der Waals surface area contributed by atoms with Crippen LogP contribution in [0.4, 0.5) is 0 Å². The van der Waals surface area contributed by atoms with Crippen molar-refractivity contribution in [3.63, 3.8) is 0 Å². The van der Waals surface area contributed by atoms with Gasteiger partial charge in [0.15, 0.2) is 0 Å². The summed E-state index contributed by atoms with van der Waals surface area (Å²) in [4.78, 5) is 0. The van der Waals surface area contributed by atoms with Crippen LogP contribution in [-0.4, -0.2) is 0 Å². The molecule has 2 aliphatic rings. The zero-order valence-corrected chi connectivity index (χ0v) is 21.2. The minimum Gasteiger partial charge on any atom is -0.193 e. The van der Waals surface area contributed by atoms with Gasteiger partial charge in [0.2, 0.25) is 0 Å². The lowest BCUT2D eigenvalue weighted by Crippen LogP contribution is -2.25. The van der Waals surface area contributed by atoms with Crippen molar-refractivity contribution in [3.05, 3.63) is 59.7 Å². The summed E-state index contributed by atoms with van der Waals surface area (Å²) < 4.78 is 0. The highest BCUT2D eigenvalue weighted by Crippen LogP contribution is 2.44. The Balaban J connectivity index is 1.32. The predicted molar refractivity (Wildman–Crippen MR) is 142 cm³/mol. The van der Waals surface area contributed by atoms with E-state index in [2.05, 4.69) is 37.3 Å². The van der Waals surface area contributed by atoms with Crippen molar-refractivity contribution in [1.82, 2.24) is 0 Å². The van der Waals surface area contributed by atoms with Crippen molar-refractivity contribution in [2.75, 3.05) is 0 Å². The Kier molecular flexibility index (Phi) is 11.9. The molecule has 1 aromatic carbocycles. The van der Waals surface area contributed by atoms with Gasteiger partial charge in [0.1, 0.15) is 0 Å². The molecule has 0 unspecified atom stereocenters. The molecule has 0 spiro atoms. The maximum atomic E-state index is 8.52. The first-order chi connectivity index (χ1) is 16.3. The highest BCUT2D eigenvalue weighted by atomic mass is 14.4. The minimum atomic E-state index is 0.804. The van der Waals surface area contributed by atoms with Gasteiger partial charge < -0.3 is 0 Å². The van der Waals surface area contributed by atoms with Crippen molar-refractivity contribution in [2.24, 2.45) is 17.8 Å². The van der Waals surface area contributed by atoms with E-state index >= 15 is 0 Å². The van der Waals surface area contributed by atoms with E-state index in [4.69, 9.17) is 5.26 Å². The summed E-state index contributed by atoms with van der Waals surface area (Å²) >= 11 is 0. The second-order valence-corrected chi connectivity index (χ2v) is 10.8. The van der Waals surface area contributed by atoms with Crippen LogP contribution in [0.5, 0.6) is 0 Å². The van der Waals surface area contributed by atoms with Crippen LogP contribution >= 0.6 is 0 Å². The lowest BCUT2D eigenvalue weighted by molar-refractivity contribution is 0.157. The molecule has 0 aromatic heterocycles. The summed E-state index contributed by atoms with van der Waals surface area (Å²) in [6, 6.07) is 11.8. The Morgan fingerprint density at radius 2 is 1.48 bits per heavy atom. The van der Waals surface area contributed by atoms with Crippen LogP contribution in [-0.2, 0) is 6.42 Å². The summed E-state index contributed by atoms with van der Waals surface area (Å²) in [5.74, 6) is 3.71. The molecule has 0 aliphatic heterocycles. The largest absolute Gasteiger partial charge is 0.193 e. The number of nitrogens with zero attached hydrogens (tertiary/aromatic N) is 1. The molecule has 0 saturated heterocycles. The lowest BCUT2D eigenvalue weighted by Gasteiger charge is -2.38. The van der Waals surface area contributed by atoms with Crippen molar-refractivity contribution >= 4 is 0 Å². The lowest BCUT2D eigenvalue weighted by atomic mass is 9.68. The second-order valence-electron chi connectivity index (χ2n) is 10.8. The fourth-order valence-electron chi connectivity index (χ4n) is 6.37. The molecule has 0 bridgehead atoms. The van der Waals surface area contributed by atoms with Crippen molar-refractivity contribution in [1.29, 1.82) is 5.26 Å². The van der Waals surface area contributed by atoms with Gasteiger partial charge in [0.05, 0.1) is 6.07 Å². The molecule has 0 atom stereocenters. The van der Waals surface area contributed by atoms with Crippen LogP contribution in [0.15, 0.2) is 48.6 Å². The van der Waals surface area contributed by atoms with Gasteiger partial charge in [-0.05, 0) is 99.0 Å². The first-order valence-electron chi connectivity index (χ1n) is 14.1. The Labute approximate surface area is 204 Å². The Bertz CT molecular complexity index is 734. The molecule has 3 rings (SSSR count). The Morgan fingerprint density at radius 1 is 0.818 bits per heavy atom. The van der Waals surface area contributed by atoms with E-state index in [0.717, 1.165) is 30.1 Å². The Hall–Kier alpha value is -1.81. The number of nitriles is 1. The van der Waals surface area contributed by atoms with Gasteiger partial charge in [-0.25, -0.2) is 0 Å². The first kappa shape index (κ1) is 25.8.